The van der Waals surface area contributed by atoms with Crippen molar-refractivity contribution in [2.24, 2.45) is 17.8 Å². The third-order valence-electron chi connectivity index (χ3n) is 18.6. The molecular formula is C78H148O17P2. The van der Waals surface area contributed by atoms with E-state index in [4.69, 9.17) is 37.0 Å². The smallest absolute Gasteiger partial charge is 0.462 e. The van der Waals surface area contributed by atoms with Crippen molar-refractivity contribution in [1.82, 2.24) is 0 Å². The summed E-state index contributed by atoms with van der Waals surface area (Å²) >= 11 is 0. The van der Waals surface area contributed by atoms with Crippen LogP contribution in [0.25, 0.3) is 0 Å². The van der Waals surface area contributed by atoms with Crippen LogP contribution < -0.4 is 0 Å². The Morgan fingerprint density at radius 1 is 0.330 bits per heavy atom. The first kappa shape index (κ1) is 94.5. The van der Waals surface area contributed by atoms with Crippen LogP contribution in [0.1, 0.15) is 376 Å². The van der Waals surface area contributed by atoms with E-state index in [1.807, 2.05) is 0 Å². The number of hydrogen-bond donors (Lipinski definition) is 3. The molecule has 17 nitrogen and oxygen atoms in total. The monoisotopic (exact) mass is 1420 g/mol. The maximum absolute atomic E-state index is 13.1. The van der Waals surface area contributed by atoms with Crippen molar-refractivity contribution >= 4 is 39.5 Å². The van der Waals surface area contributed by atoms with Crippen LogP contribution in [-0.4, -0.2) is 96.7 Å². The Morgan fingerprint density at radius 3 is 0.866 bits per heavy atom. The van der Waals surface area contributed by atoms with Gasteiger partial charge in [0.05, 0.1) is 26.4 Å². The van der Waals surface area contributed by atoms with Gasteiger partial charge in [-0.2, -0.15) is 0 Å². The number of phosphoric acid groups is 2. The highest BCUT2D eigenvalue weighted by molar-refractivity contribution is 7.47. The minimum atomic E-state index is -4.97. The number of unbranched alkanes of at least 4 members (excludes halogenated alkanes) is 36. The number of esters is 4. The Balaban J connectivity index is 5.28. The summed E-state index contributed by atoms with van der Waals surface area (Å²) in [4.78, 5) is 72.9. The molecule has 97 heavy (non-hydrogen) atoms. The van der Waals surface area contributed by atoms with Crippen molar-refractivity contribution in [2.75, 3.05) is 39.6 Å². The van der Waals surface area contributed by atoms with E-state index in [-0.39, 0.29) is 25.7 Å². The van der Waals surface area contributed by atoms with E-state index in [2.05, 4.69) is 72.8 Å². The van der Waals surface area contributed by atoms with Gasteiger partial charge in [0, 0.05) is 25.7 Å². The van der Waals surface area contributed by atoms with Gasteiger partial charge in [0.1, 0.15) is 19.3 Å². The Labute approximate surface area is 592 Å². The lowest BCUT2D eigenvalue weighted by Gasteiger charge is -2.21. The zero-order chi connectivity index (χ0) is 71.6. The zero-order valence-electron chi connectivity index (χ0n) is 63.0. The Morgan fingerprint density at radius 2 is 0.577 bits per heavy atom. The van der Waals surface area contributed by atoms with E-state index < -0.39 is 97.5 Å². The van der Waals surface area contributed by atoms with Crippen molar-refractivity contribution in [3.05, 3.63) is 24.3 Å². The van der Waals surface area contributed by atoms with Gasteiger partial charge in [-0.05, 0) is 69.1 Å². The maximum atomic E-state index is 13.1. The molecule has 0 heterocycles. The van der Waals surface area contributed by atoms with Gasteiger partial charge in [-0.3, -0.25) is 37.3 Å². The first-order valence-electron chi connectivity index (χ1n) is 39.8. The summed E-state index contributed by atoms with van der Waals surface area (Å²) in [5.74, 6) is 0.227. The topological polar surface area (TPSA) is 237 Å². The minimum Gasteiger partial charge on any atom is -0.462 e. The van der Waals surface area contributed by atoms with Gasteiger partial charge in [0.15, 0.2) is 12.2 Å². The van der Waals surface area contributed by atoms with Crippen molar-refractivity contribution in [2.45, 2.75) is 394 Å². The van der Waals surface area contributed by atoms with Gasteiger partial charge >= 0.3 is 39.5 Å². The number of carbonyl (C=O) groups is 4. The van der Waals surface area contributed by atoms with E-state index in [0.717, 1.165) is 133 Å². The Hall–Kier alpha value is -2.46. The molecule has 0 amide bonds. The van der Waals surface area contributed by atoms with Gasteiger partial charge < -0.3 is 33.8 Å². The molecule has 0 aliphatic rings. The zero-order valence-corrected chi connectivity index (χ0v) is 64.8. The Bertz CT molecular complexity index is 1990. The Kier molecular flexibility index (Phi) is 66.3. The predicted octanol–water partition coefficient (Wildman–Crippen LogP) is 22.5. The number of rotatable bonds is 74. The van der Waals surface area contributed by atoms with Crippen LogP contribution in [0.4, 0.5) is 0 Å². The minimum absolute atomic E-state index is 0.0991. The molecule has 3 N–H and O–H groups in total. The molecule has 0 rings (SSSR count). The number of aliphatic hydroxyl groups excluding tert-OH is 1. The third kappa shape index (κ3) is 67.8. The standard InChI is InChI=1S/C78H148O17P2/c1-8-12-13-14-15-16-17-18-19-23-26-32-37-45-52-59-75(80)88-65-73(94-78(83)62-55-48-39-34-29-28-31-36-43-50-57-70(6)10-3)67-92-96(84,85)90-63-72(79)64-91-97(86,87)93-68-74(66-89-76(81)60-53-46-41-40-44-51-58-71(7)11-4)95-77(82)61-54-47-38-33-27-24-21-20-22-25-30-35-42-49-56-69(5)9-2/h16-19,69-74,79H,8-15,20-68H2,1-7H3,(H,84,85)(H,86,87)/b17-16-,19-18-/t69?,70?,71?,72-,73-,74-/m1/s1. The third-order valence-corrected chi connectivity index (χ3v) is 20.5. The molecule has 0 aromatic rings. The fourth-order valence-electron chi connectivity index (χ4n) is 11.3. The molecule has 0 radical (unpaired) electrons. The van der Waals surface area contributed by atoms with Crippen molar-refractivity contribution in [3.8, 4) is 0 Å². The molecule has 0 saturated heterocycles. The number of allylic oxidation sites excluding steroid dienone is 4. The summed E-state index contributed by atoms with van der Waals surface area (Å²) in [6.07, 6.45) is 57.5. The fraction of sp³-hybridized carbons (Fsp3) is 0.897. The predicted molar refractivity (Wildman–Crippen MR) is 395 cm³/mol. The van der Waals surface area contributed by atoms with Crippen molar-refractivity contribution in [1.29, 1.82) is 0 Å². The van der Waals surface area contributed by atoms with Crippen LogP contribution in [-0.2, 0) is 65.4 Å². The molecule has 0 aliphatic heterocycles. The molecule has 0 aromatic heterocycles. The van der Waals surface area contributed by atoms with E-state index in [1.54, 1.807) is 0 Å². The average Bonchev–Trinajstić information content (AvgIpc) is 1.65. The number of carbonyl (C=O) groups excluding carboxylic acids is 4. The molecule has 0 fully saturated rings. The largest absolute Gasteiger partial charge is 0.472 e. The molecule has 0 aromatic carbocycles. The molecule has 5 unspecified atom stereocenters. The summed E-state index contributed by atoms with van der Waals surface area (Å²) < 4.78 is 68.6. The van der Waals surface area contributed by atoms with Crippen LogP contribution in [0.2, 0.25) is 0 Å². The van der Waals surface area contributed by atoms with Gasteiger partial charge in [0.25, 0.3) is 0 Å². The van der Waals surface area contributed by atoms with E-state index in [0.29, 0.717) is 25.7 Å². The first-order valence-corrected chi connectivity index (χ1v) is 42.8. The second-order valence-electron chi connectivity index (χ2n) is 28.1. The second-order valence-corrected chi connectivity index (χ2v) is 31.0. The lowest BCUT2D eigenvalue weighted by atomic mass is 9.99. The average molecular weight is 1420 g/mol. The van der Waals surface area contributed by atoms with Crippen molar-refractivity contribution < 1.29 is 80.2 Å². The van der Waals surface area contributed by atoms with Crippen molar-refractivity contribution in [3.63, 3.8) is 0 Å². The molecule has 0 spiro atoms. The summed E-state index contributed by atoms with van der Waals surface area (Å²) in [5.41, 5.74) is 0. The summed E-state index contributed by atoms with van der Waals surface area (Å²) in [7, 11) is -9.93. The lowest BCUT2D eigenvalue weighted by Crippen LogP contribution is -2.30. The molecule has 8 atom stereocenters. The SMILES string of the molecule is CCCCCC/C=C\C=C/CCCCCCCC(=O)OC[C@H](COP(=O)(O)OC[C@@H](O)COP(=O)(O)OC[C@@H](COC(=O)CCCCCCCCC(C)CC)OC(=O)CCCCCCCCCCCCCCCCC(C)CC)OC(=O)CCCCCCCCCCCCC(C)CC. The summed E-state index contributed by atoms with van der Waals surface area (Å²) in [5, 5.41) is 10.6. The van der Waals surface area contributed by atoms with E-state index in [1.165, 1.54) is 161 Å². The highest BCUT2D eigenvalue weighted by Gasteiger charge is 2.30. The molecule has 19 heteroatoms. The summed E-state index contributed by atoms with van der Waals surface area (Å²) in [6, 6.07) is 0. The van der Waals surface area contributed by atoms with Gasteiger partial charge in [-0.25, -0.2) is 9.13 Å². The maximum Gasteiger partial charge on any atom is 0.472 e. The van der Waals surface area contributed by atoms with Crippen LogP contribution in [0.3, 0.4) is 0 Å². The van der Waals surface area contributed by atoms with E-state index in [9.17, 15) is 43.2 Å². The highest BCUT2D eigenvalue weighted by atomic mass is 31.2. The van der Waals surface area contributed by atoms with E-state index >= 15 is 0 Å². The summed E-state index contributed by atoms with van der Waals surface area (Å²) in [6.45, 7) is 11.9. The first-order chi connectivity index (χ1) is 46.8. The molecule has 572 valence electrons. The number of ether oxygens (including phenoxy) is 4. The molecule has 0 bridgehead atoms. The van der Waals surface area contributed by atoms with Crippen LogP contribution in [0, 0.1) is 17.8 Å². The fourth-order valence-corrected chi connectivity index (χ4v) is 12.9. The van der Waals surface area contributed by atoms with Crippen LogP contribution >= 0.6 is 15.6 Å². The normalized spacial score (nSPS) is 15.0. The quantitative estimate of drug-likeness (QED) is 0.0169. The van der Waals surface area contributed by atoms with Crippen LogP contribution in [0.15, 0.2) is 24.3 Å². The van der Waals surface area contributed by atoms with Gasteiger partial charge in [-0.15, -0.1) is 0 Å². The number of hydrogen-bond acceptors (Lipinski definition) is 15. The van der Waals surface area contributed by atoms with Gasteiger partial charge in [0.2, 0.25) is 0 Å². The molecule has 0 aliphatic carbocycles. The lowest BCUT2D eigenvalue weighted by molar-refractivity contribution is -0.161. The number of phosphoric ester groups is 2. The molecule has 0 saturated carbocycles. The highest BCUT2D eigenvalue weighted by Crippen LogP contribution is 2.45. The number of aliphatic hydroxyl groups is 1. The second kappa shape index (κ2) is 68.0. The van der Waals surface area contributed by atoms with Gasteiger partial charge in [-0.1, -0.05) is 323 Å². The van der Waals surface area contributed by atoms with Crippen LogP contribution in [0.5, 0.6) is 0 Å². The molecular weight excluding hydrogens is 1270 g/mol.